The van der Waals surface area contributed by atoms with Crippen molar-refractivity contribution in [2.75, 3.05) is 14.2 Å². The third-order valence-electron chi connectivity index (χ3n) is 4.61. The Hall–Kier alpha value is -2.78. The fraction of sp³-hybridized carbons (Fsp3) is 0.217. The third-order valence-corrected chi connectivity index (χ3v) is 4.61. The number of rotatable bonds is 8. The molecule has 0 amide bonds. The lowest BCUT2D eigenvalue weighted by Crippen LogP contribution is -2.84. The van der Waals surface area contributed by atoms with Crippen LogP contribution in [0.5, 0.6) is 11.5 Å². The van der Waals surface area contributed by atoms with Crippen LogP contribution in [0.4, 0.5) is 0 Å². The second-order valence-corrected chi connectivity index (χ2v) is 6.34. The first-order chi connectivity index (χ1) is 12.8. The maximum absolute atomic E-state index is 5.43. The normalized spacial score (nSPS) is 11.8. The quantitative estimate of drug-likeness (QED) is 0.673. The topological polar surface area (TPSA) is 35.1 Å². The number of hydrogen-bond donors (Lipinski definition) is 1. The van der Waals surface area contributed by atoms with E-state index in [0.29, 0.717) is 6.04 Å². The minimum absolute atomic E-state index is 0.367. The smallest absolute Gasteiger partial charge is 0.161 e. The molecular formula is C23H26NO2+. The molecule has 0 saturated carbocycles. The van der Waals surface area contributed by atoms with Crippen LogP contribution in [0.25, 0.3) is 0 Å². The Kier molecular flexibility index (Phi) is 6.29. The van der Waals surface area contributed by atoms with Gasteiger partial charge >= 0.3 is 0 Å². The van der Waals surface area contributed by atoms with Crippen molar-refractivity contribution in [2.45, 2.75) is 19.0 Å². The molecule has 0 heterocycles. The molecule has 0 radical (unpaired) electrons. The first-order valence-electron chi connectivity index (χ1n) is 8.93. The van der Waals surface area contributed by atoms with E-state index in [4.69, 9.17) is 9.47 Å². The van der Waals surface area contributed by atoms with Crippen LogP contribution in [0.1, 0.15) is 22.7 Å². The predicted molar refractivity (Wildman–Crippen MR) is 105 cm³/mol. The van der Waals surface area contributed by atoms with Gasteiger partial charge < -0.3 is 14.8 Å². The van der Waals surface area contributed by atoms with Gasteiger partial charge in [-0.1, -0.05) is 60.7 Å². The van der Waals surface area contributed by atoms with E-state index in [1.807, 2.05) is 6.07 Å². The van der Waals surface area contributed by atoms with Gasteiger partial charge in [-0.15, -0.1) is 0 Å². The summed E-state index contributed by atoms with van der Waals surface area (Å²) >= 11 is 0. The maximum Gasteiger partial charge on any atom is 0.161 e. The van der Waals surface area contributed by atoms with Crippen molar-refractivity contribution in [3.63, 3.8) is 0 Å². The molecule has 2 N–H and O–H groups in total. The zero-order valence-electron chi connectivity index (χ0n) is 15.4. The summed E-state index contributed by atoms with van der Waals surface area (Å²) in [4.78, 5) is 0. The number of benzene rings is 3. The monoisotopic (exact) mass is 348 g/mol. The van der Waals surface area contributed by atoms with Crippen molar-refractivity contribution < 1.29 is 14.8 Å². The van der Waals surface area contributed by atoms with Crippen LogP contribution in [0.15, 0.2) is 78.9 Å². The van der Waals surface area contributed by atoms with Crippen LogP contribution in [0, 0.1) is 0 Å². The van der Waals surface area contributed by atoms with Gasteiger partial charge in [-0.25, -0.2) is 0 Å². The molecule has 26 heavy (non-hydrogen) atoms. The molecule has 1 atom stereocenters. The minimum Gasteiger partial charge on any atom is -0.493 e. The zero-order valence-corrected chi connectivity index (χ0v) is 15.4. The Morgan fingerprint density at radius 2 is 1.38 bits per heavy atom. The summed E-state index contributed by atoms with van der Waals surface area (Å²) in [5, 5.41) is 2.39. The molecule has 3 rings (SSSR count). The molecule has 3 heteroatoms. The molecule has 3 aromatic carbocycles. The SMILES string of the molecule is COc1ccc(C[NH2+]C(Cc2ccccc2)c2ccccc2)cc1OC. The molecule has 0 aliphatic heterocycles. The number of nitrogens with two attached hydrogens (primary N) is 1. The van der Waals surface area contributed by atoms with Gasteiger partial charge in [0, 0.05) is 17.5 Å². The summed E-state index contributed by atoms with van der Waals surface area (Å²) in [6.45, 7) is 0.882. The van der Waals surface area contributed by atoms with Gasteiger partial charge in [0.15, 0.2) is 11.5 Å². The van der Waals surface area contributed by atoms with E-state index in [1.54, 1.807) is 14.2 Å². The molecule has 0 fully saturated rings. The van der Waals surface area contributed by atoms with E-state index in [-0.39, 0.29) is 0 Å². The highest BCUT2D eigenvalue weighted by molar-refractivity contribution is 5.42. The standard InChI is InChI=1S/C23H25NO2/c1-25-22-14-13-19(16-23(22)26-2)17-24-21(20-11-7-4-8-12-20)15-18-9-5-3-6-10-18/h3-14,16,21,24H,15,17H2,1-2H3/p+1. The van der Waals surface area contributed by atoms with E-state index >= 15 is 0 Å². The van der Waals surface area contributed by atoms with Crippen molar-refractivity contribution in [2.24, 2.45) is 0 Å². The van der Waals surface area contributed by atoms with E-state index in [1.165, 1.54) is 16.7 Å². The summed E-state index contributed by atoms with van der Waals surface area (Å²) in [6, 6.07) is 27.8. The van der Waals surface area contributed by atoms with Gasteiger partial charge in [-0.05, 0) is 23.8 Å². The Labute approximate surface area is 155 Å². The summed E-state index contributed by atoms with van der Waals surface area (Å²) in [6.07, 6.45) is 0.998. The van der Waals surface area contributed by atoms with Gasteiger partial charge in [0.1, 0.15) is 12.6 Å². The second-order valence-electron chi connectivity index (χ2n) is 6.34. The lowest BCUT2D eigenvalue weighted by molar-refractivity contribution is -0.711. The summed E-state index contributed by atoms with van der Waals surface area (Å²) in [5.74, 6) is 1.54. The Morgan fingerprint density at radius 3 is 2.04 bits per heavy atom. The van der Waals surface area contributed by atoms with E-state index in [0.717, 1.165) is 24.5 Å². The minimum atomic E-state index is 0.367. The van der Waals surface area contributed by atoms with Gasteiger partial charge in [-0.3, -0.25) is 0 Å². The van der Waals surface area contributed by atoms with Gasteiger partial charge in [0.25, 0.3) is 0 Å². The zero-order chi connectivity index (χ0) is 18.2. The van der Waals surface area contributed by atoms with Crippen molar-refractivity contribution >= 4 is 0 Å². The highest BCUT2D eigenvalue weighted by Crippen LogP contribution is 2.27. The average Bonchev–Trinajstić information content (AvgIpc) is 2.72. The highest BCUT2D eigenvalue weighted by Gasteiger charge is 2.16. The third kappa shape index (κ3) is 4.64. The van der Waals surface area contributed by atoms with Crippen LogP contribution in [0.2, 0.25) is 0 Å². The fourth-order valence-electron chi connectivity index (χ4n) is 3.19. The van der Waals surface area contributed by atoms with Gasteiger partial charge in [-0.2, -0.15) is 0 Å². The van der Waals surface area contributed by atoms with Gasteiger partial charge in [0.05, 0.1) is 14.2 Å². The lowest BCUT2D eigenvalue weighted by Gasteiger charge is -2.17. The van der Waals surface area contributed by atoms with Crippen LogP contribution < -0.4 is 14.8 Å². The second kappa shape index (κ2) is 9.07. The van der Waals surface area contributed by atoms with Crippen LogP contribution in [-0.2, 0) is 13.0 Å². The first kappa shape index (κ1) is 18.0. The molecule has 1 unspecified atom stereocenters. The lowest BCUT2D eigenvalue weighted by atomic mass is 9.98. The van der Waals surface area contributed by atoms with Crippen molar-refractivity contribution in [1.82, 2.24) is 0 Å². The van der Waals surface area contributed by atoms with Gasteiger partial charge in [0.2, 0.25) is 0 Å². The number of hydrogen-bond acceptors (Lipinski definition) is 2. The van der Waals surface area contributed by atoms with E-state index < -0.39 is 0 Å². The molecule has 0 aliphatic rings. The molecule has 3 nitrogen and oxygen atoms in total. The summed E-state index contributed by atoms with van der Waals surface area (Å²) in [7, 11) is 3.34. The predicted octanol–water partition coefficient (Wildman–Crippen LogP) is 3.75. The van der Waals surface area contributed by atoms with E-state index in [2.05, 4.69) is 78.1 Å². The maximum atomic E-state index is 5.43. The molecule has 0 bridgehead atoms. The first-order valence-corrected chi connectivity index (χ1v) is 8.93. The Balaban J connectivity index is 1.76. The highest BCUT2D eigenvalue weighted by atomic mass is 16.5. The molecule has 0 aromatic heterocycles. The molecule has 134 valence electrons. The molecule has 3 aromatic rings. The van der Waals surface area contributed by atoms with Crippen molar-refractivity contribution in [3.8, 4) is 11.5 Å². The van der Waals surface area contributed by atoms with Crippen LogP contribution >= 0.6 is 0 Å². The molecule has 0 saturated heterocycles. The average molecular weight is 348 g/mol. The van der Waals surface area contributed by atoms with Crippen LogP contribution in [-0.4, -0.2) is 14.2 Å². The van der Waals surface area contributed by atoms with Crippen molar-refractivity contribution in [3.05, 3.63) is 95.6 Å². The molecule has 0 aliphatic carbocycles. The Morgan fingerprint density at radius 1 is 0.731 bits per heavy atom. The fourth-order valence-corrected chi connectivity index (χ4v) is 3.19. The Bertz CT molecular complexity index is 803. The van der Waals surface area contributed by atoms with E-state index in [9.17, 15) is 0 Å². The number of ether oxygens (including phenoxy) is 2. The molecule has 0 spiro atoms. The molecular weight excluding hydrogens is 322 g/mol. The van der Waals surface area contributed by atoms with Crippen molar-refractivity contribution in [1.29, 1.82) is 0 Å². The summed E-state index contributed by atoms with van der Waals surface area (Å²) in [5.41, 5.74) is 3.92. The number of methoxy groups -OCH3 is 2. The summed E-state index contributed by atoms with van der Waals surface area (Å²) < 4.78 is 10.8. The van der Waals surface area contributed by atoms with Crippen LogP contribution in [0.3, 0.4) is 0 Å². The largest absolute Gasteiger partial charge is 0.493 e. The number of quaternary nitrogens is 1.